The fraction of sp³-hybridized carbons (Fsp3) is 0.500. The molecule has 0 bridgehead atoms. The summed E-state index contributed by atoms with van der Waals surface area (Å²) in [4.78, 5) is 32.1. The minimum Gasteiger partial charge on any atom is -0.454 e. The lowest BCUT2D eigenvalue weighted by Crippen LogP contribution is -2.37. The molecule has 0 spiro atoms. The number of cyclic esters (lactones) is 1. The Morgan fingerprint density at radius 3 is 2.42 bits per heavy atom. The lowest BCUT2D eigenvalue weighted by Gasteiger charge is -1.99. The van der Waals surface area contributed by atoms with Crippen LogP contribution in [-0.4, -0.2) is 37.5 Å². The first-order valence-electron chi connectivity index (χ1n) is 3.37. The Hall–Kier alpha value is -1.59. The molecule has 0 aliphatic carbocycles. The third kappa shape index (κ3) is 2.57. The number of carbonyl (C=O) groups is 3. The maximum Gasteiger partial charge on any atom is 0.325 e. The first-order chi connectivity index (χ1) is 5.68. The minimum absolute atomic E-state index is 0.116. The van der Waals surface area contributed by atoms with Crippen molar-refractivity contribution in [3.8, 4) is 0 Å². The summed E-state index contributed by atoms with van der Waals surface area (Å²) in [5.41, 5.74) is 0. The van der Waals surface area contributed by atoms with E-state index in [4.69, 9.17) is 0 Å². The average Bonchev–Trinajstić information content (AvgIpc) is 2.11. The van der Waals surface area contributed by atoms with E-state index in [0.717, 1.165) is 0 Å². The van der Waals surface area contributed by atoms with Gasteiger partial charge in [-0.05, 0) is 0 Å². The molecule has 0 aromatic carbocycles. The van der Waals surface area contributed by atoms with Crippen molar-refractivity contribution < 1.29 is 19.1 Å². The zero-order valence-electron chi connectivity index (χ0n) is 6.25. The van der Waals surface area contributed by atoms with E-state index in [0.29, 0.717) is 0 Å². The van der Waals surface area contributed by atoms with Crippen LogP contribution < -0.4 is 10.6 Å². The molecule has 0 atom stereocenters. The van der Waals surface area contributed by atoms with Crippen molar-refractivity contribution >= 4 is 17.8 Å². The highest BCUT2D eigenvalue weighted by atomic mass is 16.5. The minimum atomic E-state index is -0.611. The number of carbonyl (C=O) groups excluding carboxylic acids is 3. The lowest BCUT2D eigenvalue weighted by molar-refractivity contribution is -0.147. The highest BCUT2D eigenvalue weighted by Crippen LogP contribution is 1.81. The summed E-state index contributed by atoms with van der Waals surface area (Å²) < 4.78 is 4.46. The van der Waals surface area contributed by atoms with Crippen molar-refractivity contribution in [2.45, 2.75) is 0 Å². The van der Waals surface area contributed by atoms with Gasteiger partial charge in [-0.25, -0.2) is 0 Å². The molecular weight excluding hydrogens is 164 g/mol. The van der Waals surface area contributed by atoms with E-state index in [2.05, 4.69) is 15.4 Å². The lowest BCUT2D eigenvalue weighted by atomic mass is 10.5. The van der Waals surface area contributed by atoms with Crippen LogP contribution in [0.25, 0.3) is 0 Å². The van der Waals surface area contributed by atoms with Gasteiger partial charge < -0.3 is 15.4 Å². The van der Waals surface area contributed by atoms with Crippen molar-refractivity contribution in [3.63, 3.8) is 0 Å². The normalized spacial score (nSPS) is 19.5. The summed E-state index contributed by atoms with van der Waals surface area (Å²) in [5.74, 6) is -1.48. The molecule has 1 heterocycles. The maximum absolute atomic E-state index is 10.7. The molecule has 0 aromatic rings. The van der Waals surface area contributed by atoms with Crippen LogP contribution in [0.2, 0.25) is 0 Å². The first kappa shape index (κ1) is 8.51. The van der Waals surface area contributed by atoms with Crippen molar-refractivity contribution in [2.75, 3.05) is 19.7 Å². The molecule has 2 amide bonds. The first-order valence-corrected chi connectivity index (χ1v) is 3.37. The van der Waals surface area contributed by atoms with Gasteiger partial charge >= 0.3 is 5.97 Å². The van der Waals surface area contributed by atoms with Crippen LogP contribution in [0.4, 0.5) is 0 Å². The molecule has 1 aliphatic rings. The van der Waals surface area contributed by atoms with Crippen LogP contribution in [0.1, 0.15) is 0 Å². The molecular formula is C6H8N2O4. The second-order valence-corrected chi connectivity index (χ2v) is 2.21. The SMILES string of the molecule is O=C1CNC(=O)COC(=O)CN1. The highest BCUT2D eigenvalue weighted by Gasteiger charge is 2.13. The summed E-state index contributed by atoms with van der Waals surface area (Å²) >= 11 is 0. The fourth-order valence-electron chi connectivity index (χ4n) is 0.660. The number of hydrogen-bond acceptors (Lipinski definition) is 4. The molecule has 1 aliphatic heterocycles. The van der Waals surface area contributed by atoms with Crippen molar-refractivity contribution in [2.24, 2.45) is 0 Å². The van der Waals surface area contributed by atoms with Crippen LogP contribution in [0.15, 0.2) is 0 Å². The number of ether oxygens (including phenoxy) is 1. The number of hydrogen-bond donors (Lipinski definition) is 2. The number of rotatable bonds is 0. The molecule has 0 radical (unpaired) electrons. The van der Waals surface area contributed by atoms with Crippen molar-refractivity contribution in [3.05, 3.63) is 0 Å². The molecule has 6 heteroatoms. The zero-order valence-corrected chi connectivity index (χ0v) is 6.25. The molecule has 2 N–H and O–H groups in total. The molecule has 66 valence electrons. The van der Waals surface area contributed by atoms with Gasteiger partial charge in [0.2, 0.25) is 5.91 Å². The predicted molar refractivity (Wildman–Crippen MR) is 37.0 cm³/mol. The Balaban J connectivity index is 2.52. The van der Waals surface area contributed by atoms with Gasteiger partial charge in [0.25, 0.3) is 5.91 Å². The summed E-state index contributed by atoms with van der Waals surface area (Å²) in [6, 6.07) is 0. The maximum atomic E-state index is 10.7. The molecule has 6 nitrogen and oxygen atoms in total. The summed E-state index contributed by atoms with van der Waals surface area (Å²) in [6.45, 7) is -0.628. The third-order valence-electron chi connectivity index (χ3n) is 1.24. The average molecular weight is 172 g/mol. The summed E-state index contributed by atoms with van der Waals surface area (Å²) in [6.07, 6.45) is 0. The second kappa shape index (κ2) is 3.70. The largest absolute Gasteiger partial charge is 0.454 e. The van der Waals surface area contributed by atoms with Crippen LogP contribution >= 0.6 is 0 Å². The number of esters is 1. The third-order valence-corrected chi connectivity index (χ3v) is 1.24. The highest BCUT2D eigenvalue weighted by molar-refractivity contribution is 5.89. The predicted octanol–water partition coefficient (Wildman–Crippen LogP) is -2.22. The van der Waals surface area contributed by atoms with Gasteiger partial charge in [0.1, 0.15) is 6.54 Å². The number of nitrogens with one attached hydrogen (secondary N) is 2. The molecule has 0 unspecified atom stereocenters. The van der Waals surface area contributed by atoms with Crippen LogP contribution in [0.5, 0.6) is 0 Å². The molecule has 0 aromatic heterocycles. The fourth-order valence-corrected chi connectivity index (χ4v) is 0.660. The molecule has 12 heavy (non-hydrogen) atoms. The van der Waals surface area contributed by atoms with Crippen LogP contribution in [-0.2, 0) is 19.1 Å². The smallest absolute Gasteiger partial charge is 0.325 e. The van der Waals surface area contributed by atoms with E-state index >= 15 is 0 Å². The Morgan fingerprint density at radius 1 is 1.00 bits per heavy atom. The second-order valence-electron chi connectivity index (χ2n) is 2.21. The van der Waals surface area contributed by atoms with Gasteiger partial charge in [-0.2, -0.15) is 0 Å². The number of amides is 2. The Labute approximate surface area is 68.3 Å². The molecule has 1 saturated heterocycles. The van der Waals surface area contributed by atoms with E-state index in [1.54, 1.807) is 0 Å². The van der Waals surface area contributed by atoms with E-state index in [1.165, 1.54) is 0 Å². The van der Waals surface area contributed by atoms with Gasteiger partial charge in [-0.3, -0.25) is 14.4 Å². The van der Waals surface area contributed by atoms with E-state index in [9.17, 15) is 14.4 Å². The van der Waals surface area contributed by atoms with Gasteiger partial charge in [-0.1, -0.05) is 0 Å². The van der Waals surface area contributed by atoms with E-state index in [-0.39, 0.29) is 19.7 Å². The Kier molecular flexibility index (Phi) is 2.62. The van der Waals surface area contributed by atoms with Crippen molar-refractivity contribution in [1.29, 1.82) is 0 Å². The van der Waals surface area contributed by atoms with Gasteiger partial charge in [0.15, 0.2) is 6.61 Å². The Bertz CT molecular complexity index is 170. The van der Waals surface area contributed by atoms with Gasteiger partial charge in [0, 0.05) is 0 Å². The monoisotopic (exact) mass is 172 g/mol. The topological polar surface area (TPSA) is 84.5 Å². The molecule has 0 saturated carbocycles. The van der Waals surface area contributed by atoms with E-state index in [1.807, 2.05) is 0 Å². The van der Waals surface area contributed by atoms with E-state index < -0.39 is 17.8 Å². The van der Waals surface area contributed by atoms with Gasteiger partial charge in [0.05, 0.1) is 6.54 Å². The molecule has 1 fully saturated rings. The van der Waals surface area contributed by atoms with Gasteiger partial charge in [-0.15, -0.1) is 0 Å². The standard InChI is InChI=1S/C6H8N2O4/c9-4-1-7-5(10)3-12-6(11)2-8-4/h1-3H2,(H,7,10)(H,8,9). The molecule has 1 rings (SSSR count). The summed E-state index contributed by atoms with van der Waals surface area (Å²) in [5, 5.41) is 4.53. The van der Waals surface area contributed by atoms with Crippen LogP contribution in [0, 0.1) is 0 Å². The Morgan fingerprint density at radius 2 is 1.67 bits per heavy atom. The quantitative estimate of drug-likeness (QED) is 0.405. The zero-order chi connectivity index (χ0) is 8.97. The van der Waals surface area contributed by atoms with Crippen LogP contribution in [0.3, 0.4) is 0 Å². The summed E-state index contributed by atoms with van der Waals surface area (Å²) in [7, 11) is 0. The van der Waals surface area contributed by atoms with Crippen molar-refractivity contribution in [1.82, 2.24) is 10.6 Å².